The summed E-state index contributed by atoms with van der Waals surface area (Å²) < 4.78 is 0. The minimum Gasteiger partial charge on any atom is -0.396 e. The summed E-state index contributed by atoms with van der Waals surface area (Å²) in [5.74, 6) is 0.527. The van der Waals surface area contributed by atoms with Gasteiger partial charge in [-0.3, -0.25) is 4.90 Å². The summed E-state index contributed by atoms with van der Waals surface area (Å²) in [6, 6.07) is 13.0. The van der Waals surface area contributed by atoms with Gasteiger partial charge in [0, 0.05) is 69.2 Å². The van der Waals surface area contributed by atoms with Crippen LogP contribution in [0.5, 0.6) is 0 Å². The molecule has 2 heterocycles. The molecule has 6 heteroatoms. The third kappa shape index (κ3) is 6.99. The first-order valence-corrected chi connectivity index (χ1v) is 10.8. The van der Waals surface area contributed by atoms with Crippen molar-refractivity contribution in [2.45, 2.75) is 45.2 Å². The SMILES string of the molecule is CCC[C@@H](CCO)Nc1cc(N)nc(Cc2ccc(CN3CCNCC3)cc2)c1. The summed E-state index contributed by atoms with van der Waals surface area (Å²) in [6.07, 6.45) is 3.59. The minimum atomic E-state index is 0.186. The number of pyridine rings is 1. The zero-order valence-electron chi connectivity index (χ0n) is 17.5. The zero-order valence-corrected chi connectivity index (χ0v) is 17.5. The molecule has 1 fully saturated rings. The van der Waals surface area contributed by atoms with Crippen LogP contribution in [0.15, 0.2) is 36.4 Å². The van der Waals surface area contributed by atoms with Crippen LogP contribution >= 0.6 is 0 Å². The molecule has 5 N–H and O–H groups in total. The smallest absolute Gasteiger partial charge is 0.125 e. The molecule has 1 atom stereocenters. The Bertz CT molecular complexity index is 737. The molecule has 0 radical (unpaired) electrons. The van der Waals surface area contributed by atoms with Crippen LogP contribution in [0.2, 0.25) is 0 Å². The van der Waals surface area contributed by atoms with E-state index >= 15 is 0 Å². The van der Waals surface area contributed by atoms with Gasteiger partial charge in [0.25, 0.3) is 0 Å². The molecule has 29 heavy (non-hydrogen) atoms. The Labute approximate surface area is 174 Å². The molecule has 158 valence electrons. The van der Waals surface area contributed by atoms with Gasteiger partial charge in [0.15, 0.2) is 0 Å². The second-order valence-electron chi connectivity index (χ2n) is 7.93. The topological polar surface area (TPSA) is 86.4 Å². The van der Waals surface area contributed by atoms with E-state index in [1.807, 2.05) is 6.07 Å². The number of nitrogens with zero attached hydrogens (tertiary/aromatic N) is 2. The maximum absolute atomic E-state index is 9.29. The maximum Gasteiger partial charge on any atom is 0.125 e. The van der Waals surface area contributed by atoms with E-state index in [2.05, 4.69) is 57.8 Å². The fourth-order valence-electron chi connectivity index (χ4n) is 3.91. The van der Waals surface area contributed by atoms with Crippen LogP contribution in [0.25, 0.3) is 0 Å². The lowest BCUT2D eigenvalue weighted by Gasteiger charge is -2.27. The number of nitrogen functional groups attached to an aromatic ring is 1. The molecule has 0 aliphatic carbocycles. The standard InChI is InChI=1S/C23H35N5O/c1-2-3-20(8-13-29)26-22-15-21(27-23(24)16-22)14-18-4-6-19(7-5-18)17-28-11-9-25-10-12-28/h4-7,15-16,20,25,29H,2-3,8-14,17H2,1H3,(H3,24,26,27)/t20-/m0/s1. The number of aromatic nitrogens is 1. The lowest BCUT2D eigenvalue weighted by atomic mass is 10.1. The Hall–Kier alpha value is -2.15. The summed E-state index contributed by atoms with van der Waals surface area (Å²) >= 11 is 0. The molecule has 0 spiro atoms. The number of aliphatic hydroxyl groups is 1. The van der Waals surface area contributed by atoms with Crippen LogP contribution in [-0.2, 0) is 13.0 Å². The molecule has 1 aromatic carbocycles. The predicted molar refractivity (Wildman–Crippen MR) is 120 cm³/mol. The summed E-state index contributed by atoms with van der Waals surface area (Å²) in [6.45, 7) is 7.73. The summed E-state index contributed by atoms with van der Waals surface area (Å²) in [5.41, 5.74) is 10.6. The third-order valence-corrected chi connectivity index (χ3v) is 5.41. The second-order valence-corrected chi connectivity index (χ2v) is 7.93. The van der Waals surface area contributed by atoms with E-state index < -0.39 is 0 Å². The van der Waals surface area contributed by atoms with Crippen molar-refractivity contribution in [3.8, 4) is 0 Å². The molecule has 0 saturated carbocycles. The van der Waals surface area contributed by atoms with Crippen LogP contribution in [0.1, 0.15) is 43.0 Å². The number of piperazine rings is 1. The van der Waals surface area contributed by atoms with Crippen LogP contribution in [-0.4, -0.2) is 53.8 Å². The zero-order chi connectivity index (χ0) is 20.5. The van der Waals surface area contributed by atoms with Crippen molar-refractivity contribution in [2.24, 2.45) is 0 Å². The van der Waals surface area contributed by atoms with Crippen LogP contribution in [0.4, 0.5) is 11.5 Å². The van der Waals surface area contributed by atoms with E-state index in [4.69, 9.17) is 5.73 Å². The lowest BCUT2D eigenvalue weighted by molar-refractivity contribution is 0.233. The van der Waals surface area contributed by atoms with Gasteiger partial charge in [-0.05, 0) is 30.0 Å². The summed E-state index contributed by atoms with van der Waals surface area (Å²) in [5, 5.41) is 16.2. The van der Waals surface area contributed by atoms with Gasteiger partial charge >= 0.3 is 0 Å². The first kappa shape index (κ1) is 21.6. The van der Waals surface area contributed by atoms with Crippen molar-refractivity contribution in [3.05, 3.63) is 53.2 Å². The normalized spacial score (nSPS) is 15.9. The predicted octanol–water partition coefficient (Wildman–Crippen LogP) is 2.62. The molecule has 1 saturated heterocycles. The second kappa shape index (κ2) is 11.1. The first-order chi connectivity index (χ1) is 14.2. The average molecular weight is 398 g/mol. The van der Waals surface area contributed by atoms with Crippen molar-refractivity contribution in [1.82, 2.24) is 15.2 Å². The Morgan fingerprint density at radius 1 is 1.14 bits per heavy atom. The number of benzene rings is 1. The van der Waals surface area contributed by atoms with Gasteiger partial charge in [0.05, 0.1) is 0 Å². The third-order valence-electron chi connectivity index (χ3n) is 5.41. The van der Waals surface area contributed by atoms with Crippen molar-refractivity contribution < 1.29 is 5.11 Å². The molecule has 0 amide bonds. The van der Waals surface area contributed by atoms with Crippen molar-refractivity contribution >= 4 is 11.5 Å². The van der Waals surface area contributed by atoms with Gasteiger partial charge in [0.1, 0.15) is 5.82 Å². The van der Waals surface area contributed by atoms with Gasteiger partial charge in [-0.2, -0.15) is 0 Å². The molecule has 1 aliphatic heterocycles. The number of anilines is 2. The Morgan fingerprint density at radius 2 is 1.86 bits per heavy atom. The molecule has 1 aromatic heterocycles. The maximum atomic E-state index is 9.29. The number of nitrogens with one attached hydrogen (secondary N) is 2. The highest BCUT2D eigenvalue weighted by Crippen LogP contribution is 2.19. The molecule has 3 rings (SSSR count). The van der Waals surface area contributed by atoms with Gasteiger partial charge in [0.2, 0.25) is 0 Å². The highest BCUT2D eigenvalue weighted by molar-refractivity contribution is 5.53. The quantitative estimate of drug-likeness (QED) is 0.493. The fourth-order valence-corrected chi connectivity index (χ4v) is 3.91. The summed E-state index contributed by atoms with van der Waals surface area (Å²) in [7, 11) is 0. The highest BCUT2D eigenvalue weighted by atomic mass is 16.3. The Morgan fingerprint density at radius 3 is 2.55 bits per heavy atom. The van der Waals surface area contributed by atoms with Gasteiger partial charge in [-0.25, -0.2) is 4.98 Å². The van der Waals surface area contributed by atoms with E-state index in [-0.39, 0.29) is 12.6 Å². The highest BCUT2D eigenvalue weighted by Gasteiger charge is 2.11. The molecular weight excluding hydrogens is 362 g/mol. The van der Waals surface area contributed by atoms with Gasteiger partial charge in [-0.1, -0.05) is 37.6 Å². The molecular formula is C23H35N5O. The number of nitrogens with two attached hydrogens (primary N) is 1. The summed E-state index contributed by atoms with van der Waals surface area (Å²) in [4.78, 5) is 7.01. The fraction of sp³-hybridized carbons (Fsp3) is 0.522. The average Bonchev–Trinajstić information content (AvgIpc) is 2.70. The van der Waals surface area contributed by atoms with E-state index in [0.29, 0.717) is 5.82 Å². The lowest BCUT2D eigenvalue weighted by Crippen LogP contribution is -2.42. The van der Waals surface area contributed by atoms with Gasteiger partial charge in [-0.15, -0.1) is 0 Å². The van der Waals surface area contributed by atoms with Crippen molar-refractivity contribution in [2.75, 3.05) is 43.8 Å². The molecule has 0 unspecified atom stereocenters. The van der Waals surface area contributed by atoms with Crippen LogP contribution in [0, 0.1) is 0 Å². The molecule has 6 nitrogen and oxygen atoms in total. The molecule has 2 aromatic rings. The minimum absolute atomic E-state index is 0.186. The van der Waals surface area contributed by atoms with Crippen molar-refractivity contribution in [1.29, 1.82) is 0 Å². The Kier molecular flexibility index (Phi) is 8.28. The van der Waals surface area contributed by atoms with E-state index in [1.165, 1.54) is 11.1 Å². The number of rotatable bonds is 10. The monoisotopic (exact) mass is 397 g/mol. The molecule has 1 aliphatic rings. The van der Waals surface area contributed by atoms with Crippen LogP contribution < -0.4 is 16.4 Å². The number of hydrogen-bond acceptors (Lipinski definition) is 6. The Balaban J connectivity index is 1.62. The van der Waals surface area contributed by atoms with Crippen molar-refractivity contribution in [3.63, 3.8) is 0 Å². The van der Waals surface area contributed by atoms with Crippen LogP contribution in [0.3, 0.4) is 0 Å². The largest absolute Gasteiger partial charge is 0.396 e. The number of hydrogen-bond donors (Lipinski definition) is 4. The first-order valence-electron chi connectivity index (χ1n) is 10.8. The van der Waals surface area contributed by atoms with E-state index in [9.17, 15) is 5.11 Å². The number of aliphatic hydroxyl groups excluding tert-OH is 1. The van der Waals surface area contributed by atoms with E-state index in [0.717, 1.165) is 69.8 Å². The molecule has 0 bridgehead atoms. The van der Waals surface area contributed by atoms with E-state index in [1.54, 1.807) is 0 Å². The van der Waals surface area contributed by atoms with Gasteiger partial charge < -0.3 is 21.5 Å².